The molecule has 172 valence electrons. The highest BCUT2D eigenvalue weighted by molar-refractivity contribution is 5.95. The number of aromatic nitrogens is 3. The monoisotopic (exact) mass is 455 g/mol. The third-order valence-corrected chi connectivity index (χ3v) is 6.57. The summed E-state index contributed by atoms with van der Waals surface area (Å²) in [6, 6.07) is 15.7. The van der Waals surface area contributed by atoms with E-state index in [4.69, 9.17) is 9.26 Å². The van der Waals surface area contributed by atoms with E-state index in [0.717, 1.165) is 34.9 Å². The van der Waals surface area contributed by atoms with Crippen LogP contribution in [-0.2, 0) is 7.05 Å². The van der Waals surface area contributed by atoms with Crippen molar-refractivity contribution in [2.24, 2.45) is 7.05 Å². The lowest BCUT2D eigenvalue weighted by Crippen LogP contribution is -2.35. The average molecular weight is 456 g/mol. The number of anilines is 1. The summed E-state index contributed by atoms with van der Waals surface area (Å²) >= 11 is 0. The first-order valence-corrected chi connectivity index (χ1v) is 11.3. The zero-order valence-electron chi connectivity index (χ0n) is 19.4. The Kier molecular flexibility index (Phi) is 5.54. The highest BCUT2D eigenvalue weighted by Gasteiger charge is 2.29. The van der Waals surface area contributed by atoms with Crippen molar-refractivity contribution in [1.82, 2.24) is 14.7 Å². The fourth-order valence-corrected chi connectivity index (χ4v) is 4.72. The molecule has 1 fully saturated rings. The third kappa shape index (κ3) is 3.69. The minimum atomic E-state index is -0.294. The Bertz CT molecular complexity index is 1470. The molecule has 0 amide bonds. The van der Waals surface area contributed by atoms with Gasteiger partial charge in [-0.3, -0.25) is 4.79 Å². The Hall–Kier alpha value is -4.12. The minimum Gasteiger partial charge on any atom is -0.497 e. The number of hydrogen-bond donors (Lipinski definition) is 0. The van der Waals surface area contributed by atoms with Gasteiger partial charge in [-0.25, -0.2) is 0 Å². The lowest BCUT2D eigenvalue weighted by atomic mass is 9.95. The number of nitriles is 1. The molecule has 2 aromatic carbocycles. The van der Waals surface area contributed by atoms with Crippen LogP contribution < -0.4 is 15.2 Å². The lowest BCUT2D eigenvalue weighted by molar-refractivity contribution is 0.329. The van der Waals surface area contributed by atoms with Gasteiger partial charge in [-0.05, 0) is 44.0 Å². The molecule has 3 heterocycles. The van der Waals surface area contributed by atoms with E-state index in [2.05, 4.69) is 21.1 Å². The molecule has 0 radical (unpaired) electrons. The quantitative estimate of drug-likeness (QED) is 0.456. The van der Waals surface area contributed by atoms with Gasteiger partial charge in [0.2, 0.25) is 11.7 Å². The summed E-state index contributed by atoms with van der Waals surface area (Å²) < 4.78 is 12.6. The SMILES string of the molecule is COc1ccc2c(c1)c(N1CCC(c3nc(-c4cccc(C)c4)no3)CC1)c(C#N)c(=O)n2C. The number of aryl methyl sites for hydroxylation is 2. The predicted octanol–water partition coefficient (Wildman–Crippen LogP) is 4.16. The van der Waals surface area contributed by atoms with Crippen molar-refractivity contribution in [3.8, 4) is 23.2 Å². The maximum atomic E-state index is 12.9. The van der Waals surface area contributed by atoms with Crippen molar-refractivity contribution in [3.63, 3.8) is 0 Å². The van der Waals surface area contributed by atoms with Gasteiger partial charge in [0.15, 0.2) is 0 Å². The standard InChI is InChI=1S/C26H25N5O3/c1-16-5-4-6-18(13-16)24-28-25(34-29-24)17-9-11-31(12-10-17)23-20-14-19(33-3)7-8-22(20)30(2)26(32)21(23)15-27/h4-8,13-14,17H,9-12H2,1-3H3. The van der Waals surface area contributed by atoms with Gasteiger partial charge in [0.1, 0.15) is 17.4 Å². The van der Waals surface area contributed by atoms with Crippen LogP contribution in [0.15, 0.2) is 51.8 Å². The summed E-state index contributed by atoms with van der Waals surface area (Å²) in [5, 5.41) is 14.9. The van der Waals surface area contributed by atoms with Crippen LogP contribution in [0.3, 0.4) is 0 Å². The average Bonchev–Trinajstić information content (AvgIpc) is 3.36. The van der Waals surface area contributed by atoms with Crippen molar-refractivity contribution in [3.05, 3.63) is 69.8 Å². The van der Waals surface area contributed by atoms with Crippen LogP contribution in [0.1, 0.15) is 35.8 Å². The molecule has 1 aliphatic rings. The predicted molar refractivity (Wildman–Crippen MR) is 129 cm³/mol. The summed E-state index contributed by atoms with van der Waals surface area (Å²) in [5.41, 5.74) is 3.37. The van der Waals surface area contributed by atoms with Gasteiger partial charge >= 0.3 is 0 Å². The van der Waals surface area contributed by atoms with Crippen LogP contribution >= 0.6 is 0 Å². The van der Waals surface area contributed by atoms with E-state index in [1.165, 1.54) is 4.57 Å². The smallest absolute Gasteiger partial charge is 0.270 e. The van der Waals surface area contributed by atoms with Gasteiger partial charge in [0.25, 0.3) is 5.56 Å². The Morgan fingerprint density at radius 3 is 2.68 bits per heavy atom. The van der Waals surface area contributed by atoms with E-state index in [0.29, 0.717) is 36.2 Å². The van der Waals surface area contributed by atoms with Crippen molar-refractivity contribution in [2.45, 2.75) is 25.7 Å². The second-order valence-electron chi connectivity index (χ2n) is 8.67. The number of hydrogen-bond acceptors (Lipinski definition) is 7. The van der Waals surface area contributed by atoms with E-state index in [-0.39, 0.29) is 17.0 Å². The van der Waals surface area contributed by atoms with Gasteiger partial charge in [-0.15, -0.1) is 0 Å². The van der Waals surface area contributed by atoms with Crippen molar-refractivity contribution in [2.75, 3.05) is 25.1 Å². The first-order chi connectivity index (χ1) is 16.5. The zero-order valence-corrected chi connectivity index (χ0v) is 19.4. The van der Waals surface area contributed by atoms with Crippen molar-refractivity contribution < 1.29 is 9.26 Å². The maximum Gasteiger partial charge on any atom is 0.270 e. The number of benzene rings is 2. The number of ether oxygens (including phenoxy) is 1. The number of methoxy groups -OCH3 is 1. The molecule has 2 aromatic heterocycles. The van der Waals surface area contributed by atoms with Crippen molar-refractivity contribution >= 4 is 16.6 Å². The van der Waals surface area contributed by atoms with Gasteiger partial charge in [-0.2, -0.15) is 10.2 Å². The highest BCUT2D eigenvalue weighted by Crippen LogP contribution is 2.36. The van der Waals surface area contributed by atoms with Crippen LogP contribution in [0.4, 0.5) is 5.69 Å². The molecule has 0 spiro atoms. The number of fused-ring (bicyclic) bond motifs is 1. The zero-order chi connectivity index (χ0) is 23.8. The molecule has 0 saturated carbocycles. The van der Waals surface area contributed by atoms with E-state index in [1.54, 1.807) is 14.2 Å². The van der Waals surface area contributed by atoms with E-state index in [9.17, 15) is 10.1 Å². The fourth-order valence-electron chi connectivity index (χ4n) is 4.72. The van der Waals surface area contributed by atoms with E-state index >= 15 is 0 Å². The molecular weight excluding hydrogens is 430 g/mol. The molecule has 0 unspecified atom stereocenters. The van der Waals surface area contributed by atoms with E-state index in [1.807, 2.05) is 49.4 Å². The number of pyridine rings is 1. The van der Waals surface area contributed by atoms with Crippen LogP contribution in [0.25, 0.3) is 22.3 Å². The second-order valence-corrected chi connectivity index (χ2v) is 8.67. The largest absolute Gasteiger partial charge is 0.497 e. The molecule has 0 N–H and O–H groups in total. The molecule has 1 aliphatic heterocycles. The van der Waals surface area contributed by atoms with E-state index < -0.39 is 0 Å². The second kappa shape index (κ2) is 8.67. The molecule has 5 rings (SSSR count). The topological polar surface area (TPSA) is 97.2 Å². The van der Waals surface area contributed by atoms with Gasteiger partial charge in [-0.1, -0.05) is 28.9 Å². The molecule has 8 heteroatoms. The molecule has 4 aromatic rings. The first kappa shape index (κ1) is 21.7. The Labute approximate surface area is 197 Å². The van der Waals surface area contributed by atoms with Gasteiger partial charge < -0.3 is 18.7 Å². The van der Waals surface area contributed by atoms with Gasteiger partial charge in [0.05, 0.1) is 18.3 Å². The first-order valence-electron chi connectivity index (χ1n) is 11.3. The minimum absolute atomic E-state index is 0.125. The normalized spacial score (nSPS) is 14.4. The molecule has 8 nitrogen and oxygen atoms in total. The number of piperidine rings is 1. The number of nitrogens with zero attached hydrogens (tertiary/aromatic N) is 5. The molecule has 1 saturated heterocycles. The third-order valence-electron chi connectivity index (χ3n) is 6.57. The number of rotatable bonds is 4. The molecule has 0 atom stereocenters. The van der Waals surface area contributed by atoms with Gasteiger partial charge in [0, 0.05) is 37.0 Å². The molecular formula is C26H25N5O3. The Balaban J connectivity index is 1.44. The molecule has 0 bridgehead atoms. The fraction of sp³-hybridized carbons (Fsp3) is 0.308. The Morgan fingerprint density at radius 2 is 1.97 bits per heavy atom. The van der Waals surface area contributed by atoms with Crippen molar-refractivity contribution in [1.29, 1.82) is 5.26 Å². The van der Waals surface area contributed by atoms with Crippen LogP contribution in [0.2, 0.25) is 0 Å². The summed E-state index contributed by atoms with van der Waals surface area (Å²) in [6.45, 7) is 3.37. The highest BCUT2D eigenvalue weighted by atomic mass is 16.5. The van der Waals surface area contributed by atoms with Crippen LogP contribution in [0.5, 0.6) is 5.75 Å². The summed E-state index contributed by atoms with van der Waals surface area (Å²) in [5.74, 6) is 2.03. The Morgan fingerprint density at radius 1 is 1.18 bits per heavy atom. The van der Waals surface area contributed by atoms with Crippen LogP contribution in [0, 0.1) is 18.3 Å². The van der Waals surface area contributed by atoms with Crippen LogP contribution in [-0.4, -0.2) is 34.9 Å². The molecule has 34 heavy (non-hydrogen) atoms. The summed E-state index contributed by atoms with van der Waals surface area (Å²) in [6.07, 6.45) is 1.56. The summed E-state index contributed by atoms with van der Waals surface area (Å²) in [4.78, 5) is 19.7. The maximum absolute atomic E-state index is 12.9. The molecule has 0 aliphatic carbocycles. The summed E-state index contributed by atoms with van der Waals surface area (Å²) in [7, 11) is 3.30. The lowest BCUT2D eigenvalue weighted by Gasteiger charge is -2.33.